The summed E-state index contributed by atoms with van der Waals surface area (Å²) >= 11 is 1.43. The normalized spacial score (nSPS) is 10.6. The van der Waals surface area contributed by atoms with Gasteiger partial charge in [-0.2, -0.15) is 0 Å². The summed E-state index contributed by atoms with van der Waals surface area (Å²) in [4.78, 5) is 15.7. The largest absolute Gasteiger partial charge is 0.449 e. The van der Waals surface area contributed by atoms with Crippen LogP contribution in [0.4, 0.5) is 9.93 Å². The highest BCUT2D eigenvalue weighted by Gasteiger charge is 2.08. The number of rotatable bonds is 6. The van der Waals surface area contributed by atoms with E-state index in [4.69, 9.17) is 4.74 Å². The summed E-state index contributed by atoms with van der Waals surface area (Å²) in [6, 6.07) is 0. The fraction of sp³-hybridized carbons (Fsp3) is 0.667. The Labute approximate surface area is 106 Å². The van der Waals surface area contributed by atoms with Crippen molar-refractivity contribution in [1.82, 2.24) is 4.98 Å². The Bertz CT molecular complexity index is 350. The minimum atomic E-state index is -0.411. The summed E-state index contributed by atoms with van der Waals surface area (Å²) in [5.41, 5.74) is 0.997. The van der Waals surface area contributed by atoms with Crippen LogP contribution in [-0.2, 0) is 4.74 Å². The third kappa shape index (κ3) is 5.17. The van der Waals surface area contributed by atoms with Crippen LogP contribution in [-0.4, -0.2) is 17.7 Å². The highest BCUT2D eigenvalue weighted by atomic mass is 32.1. The maximum Gasteiger partial charge on any atom is 0.413 e. The molecule has 1 aromatic heterocycles. The fourth-order valence-electron chi connectivity index (χ4n) is 1.25. The Kier molecular flexibility index (Phi) is 5.97. The third-order valence-corrected chi connectivity index (χ3v) is 3.08. The van der Waals surface area contributed by atoms with Crippen molar-refractivity contribution in [2.24, 2.45) is 0 Å². The molecule has 0 saturated heterocycles. The lowest BCUT2D eigenvalue weighted by Gasteiger charge is -2.04. The van der Waals surface area contributed by atoms with Gasteiger partial charge in [-0.1, -0.05) is 33.6 Å². The second-order valence-electron chi connectivity index (χ2n) is 4.20. The maximum absolute atomic E-state index is 11.4. The number of hydrogen-bond donors (Lipinski definition) is 1. The van der Waals surface area contributed by atoms with Crippen molar-refractivity contribution >= 4 is 22.6 Å². The SMILES string of the molecule is CCCCCOC(=O)Nc1nc(C(C)C)cs1. The van der Waals surface area contributed by atoms with E-state index in [2.05, 4.69) is 31.1 Å². The number of carbonyl (C=O) groups is 1. The van der Waals surface area contributed by atoms with Crippen LogP contribution in [0.25, 0.3) is 0 Å². The van der Waals surface area contributed by atoms with E-state index in [1.807, 2.05) is 5.38 Å². The lowest BCUT2D eigenvalue weighted by atomic mass is 10.2. The van der Waals surface area contributed by atoms with Gasteiger partial charge >= 0.3 is 6.09 Å². The number of unbranched alkanes of at least 4 members (excludes halogenated alkanes) is 2. The summed E-state index contributed by atoms with van der Waals surface area (Å²) in [5, 5.41) is 5.20. The van der Waals surface area contributed by atoms with Gasteiger partial charge in [0.05, 0.1) is 12.3 Å². The van der Waals surface area contributed by atoms with Gasteiger partial charge in [-0.25, -0.2) is 9.78 Å². The highest BCUT2D eigenvalue weighted by molar-refractivity contribution is 7.13. The first-order valence-electron chi connectivity index (χ1n) is 6.02. The van der Waals surface area contributed by atoms with Crippen LogP contribution in [0.5, 0.6) is 0 Å². The molecule has 1 rings (SSSR count). The molecule has 0 saturated carbocycles. The zero-order valence-electron chi connectivity index (χ0n) is 10.7. The molecule has 5 heteroatoms. The van der Waals surface area contributed by atoms with Crippen molar-refractivity contribution in [1.29, 1.82) is 0 Å². The number of hydrogen-bond acceptors (Lipinski definition) is 4. The molecule has 0 aliphatic rings. The number of thiazole rings is 1. The van der Waals surface area contributed by atoms with Crippen molar-refractivity contribution in [2.45, 2.75) is 46.0 Å². The molecule has 0 atom stereocenters. The minimum Gasteiger partial charge on any atom is -0.449 e. The average molecular weight is 256 g/mol. The topological polar surface area (TPSA) is 51.2 Å². The van der Waals surface area contributed by atoms with Crippen LogP contribution in [0.3, 0.4) is 0 Å². The smallest absolute Gasteiger partial charge is 0.413 e. The number of carbonyl (C=O) groups excluding carboxylic acids is 1. The fourth-order valence-corrected chi connectivity index (χ4v) is 2.11. The van der Waals surface area contributed by atoms with E-state index in [0.717, 1.165) is 25.0 Å². The van der Waals surface area contributed by atoms with E-state index in [9.17, 15) is 4.79 Å². The number of ether oxygens (including phenoxy) is 1. The Morgan fingerprint density at radius 1 is 1.53 bits per heavy atom. The predicted octanol–water partition coefficient (Wildman–Crippen LogP) is 4.01. The van der Waals surface area contributed by atoms with E-state index in [-0.39, 0.29) is 0 Å². The van der Waals surface area contributed by atoms with Gasteiger partial charge in [0.25, 0.3) is 0 Å². The van der Waals surface area contributed by atoms with E-state index < -0.39 is 6.09 Å². The zero-order valence-corrected chi connectivity index (χ0v) is 11.5. The molecule has 4 nitrogen and oxygen atoms in total. The monoisotopic (exact) mass is 256 g/mol. The van der Waals surface area contributed by atoms with Gasteiger partial charge in [0, 0.05) is 5.38 Å². The molecule has 1 heterocycles. The van der Waals surface area contributed by atoms with Crippen molar-refractivity contribution in [2.75, 3.05) is 11.9 Å². The number of amides is 1. The van der Waals surface area contributed by atoms with Crippen LogP contribution in [0.1, 0.15) is 51.6 Å². The van der Waals surface area contributed by atoms with E-state index in [1.54, 1.807) is 0 Å². The zero-order chi connectivity index (χ0) is 12.7. The Morgan fingerprint density at radius 3 is 2.88 bits per heavy atom. The summed E-state index contributed by atoms with van der Waals surface area (Å²) < 4.78 is 5.03. The first-order valence-corrected chi connectivity index (χ1v) is 6.90. The van der Waals surface area contributed by atoms with Crippen molar-refractivity contribution in [3.05, 3.63) is 11.1 Å². The molecule has 0 bridgehead atoms. The molecule has 0 spiro atoms. The lowest BCUT2D eigenvalue weighted by Crippen LogP contribution is -2.14. The lowest BCUT2D eigenvalue weighted by molar-refractivity contribution is 0.159. The Morgan fingerprint density at radius 2 is 2.29 bits per heavy atom. The summed E-state index contributed by atoms with van der Waals surface area (Å²) in [6.07, 6.45) is 2.71. The number of nitrogens with zero attached hydrogens (tertiary/aromatic N) is 1. The molecule has 0 unspecified atom stereocenters. The van der Waals surface area contributed by atoms with Gasteiger partial charge < -0.3 is 4.74 Å². The average Bonchev–Trinajstić information content (AvgIpc) is 2.73. The number of nitrogens with one attached hydrogen (secondary N) is 1. The molecule has 0 radical (unpaired) electrons. The van der Waals surface area contributed by atoms with Crippen LogP contribution in [0.2, 0.25) is 0 Å². The number of aromatic nitrogens is 1. The third-order valence-electron chi connectivity index (χ3n) is 2.30. The van der Waals surface area contributed by atoms with Crippen molar-refractivity contribution < 1.29 is 9.53 Å². The first kappa shape index (κ1) is 14.0. The summed E-state index contributed by atoms with van der Waals surface area (Å²) in [5.74, 6) is 0.377. The van der Waals surface area contributed by atoms with E-state index in [0.29, 0.717) is 17.7 Å². The second-order valence-corrected chi connectivity index (χ2v) is 5.06. The number of anilines is 1. The van der Waals surface area contributed by atoms with Crippen LogP contribution in [0.15, 0.2) is 5.38 Å². The van der Waals surface area contributed by atoms with Gasteiger partial charge in [-0.15, -0.1) is 11.3 Å². The molecular weight excluding hydrogens is 236 g/mol. The highest BCUT2D eigenvalue weighted by Crippen LogP contribution is 2.21. The van der Waals surface area contributed by atoms with Gasteiger partial charge in [0.1, 0.15) is 0 Å². The van der Waals surface area contributed by atoms with Crippen LogP contribution < -0.4 is 5.32 Å². The second kappa shape index (κ2) is 7.27. The molecule has 0 fully saturated rings. The molecule has 1 N–H and O–H groups in total. The summed E-state index contributed by atoms with van der Waals surface area (Å²) in [6.45, 7) is 6.73. The van der Waals surface area contributed by atoms with Gasteiger partial charge in [-0.05, 0) is 12.3 Å². The Hall–Kier alpha value is -1.10. The molecular formula is C12H20N2O2S. The molecule has 96 valence electrons. The predicted molar refractivity (Wildman–Crippen MR) is 70.7 cm³/mol. The Balaban J connectivity index is 2.29. The molecule has 17 heavy (non-hydrogen) atoms. The van der Waals surface area contributed by atoms with Crippen LogP contribution >= 0.6 is 11.3 Å². The minimum absolute atomic E-state index is 0.377. The standard InChI is InChI=1S/C12H20N2O2S/c1-4-5-6-7-16-12(15)14-11-13-10(8-17-11)9(2)3/h8-9H,4-7H2,1-3H3,(H,13,14,15). The summed E-state index contributed by atoms with van der Waals surface area (Å²) in [7, 11) is 0. The molecule has 1 aromatic rings. The van der Waals surface area contributed by atoms with Gasteiger partial charge in [-0.3, -0.25) is 5.32 Å². The van der Waals surface area contributed by atoms with E-state index >= 15 is 0 Å². The first-order chi connectivity index (χ1) is 8.13. The molecule has 0 aliphatic heterocycles. The molecule has 0 aliphatic carbocycles. The van der Waals surface area contributed by atoms with Crippen molar-refractivity contribution in [3.63, 3.8) is 0 Å². The quantitative estimate of drug-likeness (QED) is 0.782. The van der Waals surface area contributed by atoms with Crippen LogP contribution in [0, 0.1) is 0 Å². The molecule has 0 aromatic carbocycles. The van der Waals surface area contributed by atoms with Gasteiger partial charge in [0.2, 0.25) is 0 Å². The molecule has 1 amide bonds. The maximum atomic E-state index is 11.4. The van der Waals surface area contributed by atoms with Crippen molar-refractivity contribution in [3.8, 4) is 0 Å². The van der Waals surface area contributed by atoms with Gasteiger partial charge in [0.15, 0.2) is 5.13 Å². The van der Waals surface area contributed by atoms with E-state index in [1.165, 1.54) is 11.3 Å².